The van der Waals surface area contributed by atoms with Gasteiger partial charge in [0.2, 0.25) is 0 Å². The molecule has 2 aliphatic rings. The first-order chi connectivity index (χ1) is 19.4. The van der Waals surface area contributed by atoms with Crippen LogP contribution in [0.3, 0.4) is 0 Å². The quantitative estimate of drug-likeness (QED) is 0.277. The van der Waals surface area contributed by atoms with Gasteiger partial charge in [0.05, 0.1) is 11.3 Å². The summed E-state index contributed by atoms with van der Waals surface area (Å²) in [6.45, 7) is 14.0. The third-order valence-electron chi connectivity index (χ3n) is 8.59. The summed E-state index contributed by atoms with van der Waals surface area (Å²) < 4.78 is 42.9. The fourth-order valence-electron chi connectivity index (χ4n) is 6.37. The Kier molecular flexibility index (Phi) is 6.74. The SMILES string of the molecule is Cc1ccc(C(C)C)cc1N1CCc2nc(-c3c(C(F)(F)F)cnc4[nH]ccc34)nc(N3CCCC(C)(C)C3)c2C1. The van der Waals surface area contributed by atoms with E-state index in [-0.39, 0.29) is 16.8 Å². The number of anilines is 2. The molecule has 1 saturated heterocycles. The Hall–Kier alpha value is -3.62. The molecule has 1 fully saturated rings. The maximum atomic E-state index is 14.3. The van der Waals surface area contributed by atoms with Crippen LogP contribution in [-0.2, 0) is 19.1 Å². The van der Waals surface area contributed by atoms with E-state index in [1.807, 2.05) is 0 Å². The molecule has 0 saturated carbocycles. The predicted octanol–water partition coefficient (Wildman–Crippen LogP) is 7.66. The van der Waals surface area contributed by atoms with E-state index in [0.717, 1.165) is 55.7 Å². The van der Waals surface area contributed by atoms with E-state index in [2.05, 4.69) is 72.6 Å². The van der Waals surface area contributed by atoms with Gasteiger partial charge in [0.25, 0.3) is 0 Å². The van der Waals surface area contributed by atoms with Gasteiger partial charge in [-0.15, -0.1) is 0 Å². The van der Waals surface area contributed by atoms with Crippen molar-refractivity contribution in [3.63, 3.8) is 0 Å². The fourth-order valence-corrected chi connectivity index (χ4v) is 6.37. The molecule has 0 atom stereocenters. The van der Waals surface area contributed by atoms with Gasteiger partial charge < -0.3 is 14.8 Å². The lowest BCUT2D eigenvalue weighted by Gasteiger charge is -2.41. The summed E-state index contributed by atoms with van der Waals surface area (Å²) in [5, 5.41) is 0.378. The molecule has 4 aromatic rings. The predicted molar refractivity (Wildman–Crippen MR) is 157 cm³/mol. The van der Waals surface area contributed by atoms with Gasteiger partial charge in [-0.2, -0.15) is 13.2 Å². The highest BCUT2D eigenvalue weighted by Gasteiger charge is 2.38. The number of nitrogens with one attached hydrogen (secondary N) is 1. The standard InChI is InChI=1S/C32H37F3N6/c1-19(2)21-8-7-20(3)26(15-21)40-14-10-25-23(17-40)30(41-13-6-11-31(4,5)18-41)39-29(38-25)27-22-9-12-36-28(22)37-16-24(27)32(33,34)35/h7-9,12,15-16,19H,6,10-11,13-14,17-18H2,1-5H3,(H,36,37). The molecular formula is C32H37F3N6. The monoisotopic (exact) mass is 562 g/mol. The number of aromatic nitrogens is 4. The molecule has 6 nitrogen and oxygen atoms in total. The minimum absolute atomic E-state index is 0.00743. The van der Waals surface area contributed by atoms with Crippen molar-refractivity contribution >= 4 is 22.5 Å². The average Bonchev–Trinajstić information content (AvgIpc) is 3.40. The number of alkyl halides is 3. The molecule has 0 radical (unpaired) electrons. The Morgan fingerprint density at radius 3 is 2.59 bits per heavy atom. The smallest absolute Gasteiger partial charge is 0.366 e. The van der Waals surface area contributed by atoms with Crippen molar-refractivity contribution in [1.29, 1.82) is 0 Å². The summed E-state index contributed by atoms with van der Waals surface area (Å²) in [5.41, 5.74) is 5.18. The van der Waals surface area contributed by atoms with Crippen LogP contribution in [0.4, 0.5) is 24.7 Å². The third kappa shape index (κ3) is 5.15. The second-order valence-electron chi connectivity index (χ2n) is 12.6. The normalized spacial score (nSPS) is 17.4. The number of nitrogens with zero attached hydrogens (tertiary/aromatic N) is 5. The first kappa shape index (κ1) is 27.5. The molecule has 0 aliphatic carbocycles. The van der Waals surface area contributed by atoms with Crippen LogP contribution in [0.5, 0.6) is 0 Å². The lowest BCUT2D eigenvalue weighted by Crippen LogP contribution is -2.42. The Labute approximate surface area is 239 Å². The largest absolute Gasteiger partial charge is 0.418 e. The first-order valence-corrected chi connectivity index (χ1v) is 14.5. The number of H-pyrrole nitrogens is 1. The lowest BCUT2D eigenvalue weighted by atomic mass is 9.84. The summed E-state index contributed by atoms with van der Waals surface area (Å²) in [5.74, 6) is 1.29. The minimum atomic E-state index is -4.59. The molecule has 216 valence electrons. The minimum Gasteiger partial charge on any atom is -0.366 e. The van der Waals surface area contributed by atoms with Crippen LogP contribution >= 0.6 is 0 Å². The number of benzene rings is 1. The molecule has 0 unspecified atom stereocenters. The van der Waals surface area contributed by atoms with E-state index < -0.39 is 11.7 Å². The van der Waals surface area contributed by atoms with Crippen molar-refractivity contribution in [2.75, 3.05) is 29.4 Å². The maximum Gasteiger partial charge on any atom is 0.418 e. The third-order valence-corrected chi connectivity index (χ3v) is 8.59. The van der Waals surface area contributed by atoms with Crippen molar-refractivity contribution in [3.8, 4) is 11.4 Å². The van der Waals surface area contributed by atoms with Gasteiger partial charge in [-0.3, -0.25) is 0 Å². The van der Waals surface area contributed by atoms with Gasteiger partial charge >= 0.3 is 6.18 Å². The van der Waals surface area contributed by atoms with E-state index in [4.69, 9.17) is 9.97 Å². The highest BCUT2D eigenvalue weighted by Crippen LogP contribution is 2.42. The number of fused-ring (bicyclic) bond motifs is 2. The summed E-state index contributed by atoms with van der Waals surface area (Å²) in [6.07, 6.45) is 0.653. The summed E-state index contributed by atoms with van der Waals surface area (Å²) in [4.78, 5) is 21.5. The molecule has 1 N–H and O–H groups in total. The van der Waals surface area contributed by atoms with Gasteiger partial charge in [0, 0.05) is 67.2 Å². The number of aryl methyl sites for hydroxylation is 1. The van der Waals surface area contributed by atoms with Gasteiger partial charge in [0.1, 0.15) is 11.5 Å². The lowest BCUT2D eigenvalue weighted by molar-refractivity contribution is -0.137. The number of aromatic amines is 1. The zero-order chi connectivity index (χ0) is 29.1. The van der Waals surface area contributed by atoms with Crippen LogP contribution in [0.15, 0.2) is 36.7 Å². The van der Waals surface area contributed by atoms with E-state index >= 15 is 0 Å². The molecule has 0 amide bonds. The molecule has 0 spiro atoms. The Morgan fingerprint density at radius 2 is 1.85 bits per heavy atom. The Bertz CT molecular complexity index is 1600. The molecule has 5 heterocycles. The van der Waals surface area contributed by atoms with Crippen molar-refractivity contribution in [3.05, 3.63) is 64.6 Å². The zero-order valence-corrected chi connectivity index (χ0v) is 24.4. The van der Waals surface area contributed by atoms with Crippen LogP contribution in [-0.4, -0.2) is 39.6 Å². The Balaban J connectivity index is 1.52. The average molecular weight is 563 g/mol. The van der Waals surface area contributed by atoms with Crippen molar-refractivity contribution in [1.82, 2.24) is 19.9 Å². The summed E-state index contributed by atoms with van der Waals surface area (Å²) in [7, 11) is 0. The molecule has 41 heavy (non-hydrogen) atoms. The molecule has 0 bridgehead atoms. The van der Waals surface area contributed by atoms with Crippen molar-refractivity contribution in [2.24, 2.45) is 5.41 Å². The second kappa shape index (κ2) is 10.0. The zero-order valence-electron chi connectivity index (χ0n) is 24.4. The second-order valence-corrected chi connectivity index (χ2v) is 12.6. The number of rotatable bonds is 4. The molecule has 6 rings (SSSR count). The summed E-state index contributed by atoms with van der Waals surface area (Å²) >= 11 is 0. The molecule has 2 aliphatic heterocycles. The van der Waals surface area contributed by atoms with E-state index in [1.54, 1.807) is 12.3 Å². The topological polar surface area (TPSA) is 60.9 Å². The van der Waals surface area contributed by atoms with Crippen molar-refractivity contribution in [2.45, 2.75) is 72.5 Å². The van der Waals surface area contributed by atoms with E-state index in [0.29, 0.717) is 29.9 Å². The molecular weight excluding hydrogens is 525 g/mol. The fraction of sp³-hybridized carbons (Fsp3) is 0.469. The first-order valence-electron chi connectivity index (χ1n) is 14.5. The van der Waals surface area contributed by atoms with Crippen LogP contribution < -0.4 is 9.80 Å². The van der Waals surface area contributed by atoms with Gasteiger partial charge in [-0.05, 0) is 54.4 Å². The van der Waals surface area contributed by atoms with Gasteiger partial charge in [-0.25, -0.2) is 15.0 Å². The number of halogens is 3. The summed E-state index contributed by atoms with van der Waals surface area (Å²) in [6, 6.07) is 8.27. The highest BCUT2D eigenvalue weighted by atomic mass is 19.4. The van der Waals surface area contributed by atoms with Crippen LogP contribution in [0.2, 0.25) is 0 Å². The number of hydrogen-bond acceptors (Lipinski definition) is 5. The van der Waals surface area contributed by atoms with E-state index in [9.17, 15) is 13.2 Å². The number of pyridine rings is 1. The van der Waals surface area contributed by atoms with Gasteiger partial charge in [0.15, 0.2) is 5.82 Å². The van der Waals surface area contributed by atoms with Crippen molar-refractivity contribution < 1.29 is 13.2 Å². The molecule has 9 heteroatoms. The van der Waals surface area contributed by atoms with Gasteiger partial charge in [-0.1, -0.05) is 39.8 Å². The Morgan fingerprint density at radius 1 is 1.05 bits per heavy atom. The van der Waals surface area contributed by atoms with Crippen LogP contribution in [0, 0.1) is 12.3 Å². The van der Waals surface area contributed by atoms with Crippen LogP contribution in [0.25, 0.3) is 22.4 Å². The number of hydrogen-bond donors (Lipinski definition) is 1. The number of piperidine rings is 1. The highest BCUT2D eigenvalue weighted by molar-refractivity contribution is 5.93. The molecule has 1 aromatic carbocycles. The molecule has 3 aromatic heterocycles. The van der Waals surface area contributed by atoms with Crippen LogP contribution in [0.1, 0.15) is 74.4 Å². The van der Waals surface area contributed by atoms with E-state index in [1.165, 1.54) is 16.8 Å². The maximum absolute atomic E-state index is 14.3.